The van der Waals surface area contributed by atoms with Crippen LogP contribution in [0.1, 0.15) is 25.7 Å². The normalized spacial score (nSPS) is 26.7. The van der Waals surface area contributed by atoms with E-state index < -0.39 is 11.9 Å². The van der Waals surface area contributed by atoms with Gasteiger partial charge in [-0.05, 0) is 12.8 Å². The van der Waals surface area contributed by atoms with Crippen LogP contribution in [0.15, 0.2) is 0 Å². The summed E-state index contributed by atoms with van der Waals surface area (Å²) in [6.45, 7) is 0. The summed E-state index contributed by atoms with van der Waals surface area (Å²) < 4.78 is 8.93. The van der Waals surface area contributed by atoms with E-state index in [2.05, 4.69) is 40.2 Å². The third kappa shape index (κ3) is 2.70. The van der Waals surface area contributed by atoms with Crippen LogP contribution < -0.4 is 0 Å². The molecule has 1 aliphatic carbocycles. The first-order valence-corrected chi connectivity index (χ1v) is 5.65. The van der Waals surface area contributed by atoms with Gasteiger partial charge in [-0.2, -0.15) is 0 Å². The molecule has 4 nitrogen and oxygen atoms in total. The molecular weight excluding hydrogens is 320 g/mol. The van der Waals surface area contributed by atoms with Crippen molar-refractivity contribution in [2.75, 3.05) is 0 Å². The summed E-state index contributed by atoms with van der Waals surface area (Å²) in [5, 5.41) is 0. The molecule has 0 heterocycles. The Balaban J connectivity index is 2.68. The second-order valence-electron chi connectivity index (χ2n) is 3.29. The van der Waals surface area contributed by atoms with E-state index in [0.717, 1.165) is 12.8 Å². The standard InChI is InChI=1S/C8H10Br2O4/c9-13-7(11)5-3-1-2-4-6(5)8(12)14-10/h5-6H,1-4H2. The quantitative estimate of drug-likeness (QED) is 0.781. The Morgan fingerprint density at radius 1 is 0.929 bits per heavy atom. The smallest absolute Gasteiger partial charge is 0.321 e. The van der Waals surface area contributed by atoms with Crippen molar-refractivity contribution < 1.29 is 17.2 Å². The van der Waals surface area contributed by atoms with Gasteiger partial charge in [-0.3, -0.25) is 9.59 Å². The van der Waals surface area contributed by atoms with E-state index in [9.17, 15) is 9.59 Å². The monoisotopic (exact) mass is 328 g/mol. The van der Waals surface area contributed by atoms with Crippen LogP contribution in [0, 0.1) is 11.8 Å². The molecule has 80 valence electrons. The largest absolute Gasteiger partial charge is 0.383 e. The first-order valence-electron chi connectivity index (χ1n) is 4.35. The molecule has 0 spiro atoms. The molecule has 0 saturated heterocycles. The summed E-state index contributed by atoms with van der Waals surface area (Å²) in [6, 6.07) is 0. The van der Waals surface area contributed by atoms with Crippen molar-refractivity contribution in [1.82, 2.24) is 0 Å². The van der Waals surface area contributed by atoms with Crippen molar-refractivity contribution in [3.63, 3.8) is 0 Å². The van der Waals surface area contributed by atoms with Gasteiger partial charge in [0.25, 0.3) is 0 Å². The molecule has 1 aliphatic rings. The number of halogens is 2. The third-order valence-corrected chi connectivity index (χ3v) is 3.16. The number of hydrogen-bond acceptors (Lipinski definition) is 4. The van der Waals surface area contributed by atoms with Crippen molar-refractivity contribution in [3.8, 4) is 0 Å². The molecule has 2 atom stereocenters. The summed E-state index contributed by atoms with van der Waals surface area (Å²) in [7, 11) is 0. The number of hydrogen-bond donors (Lipinski definition) is 0. The van der Waals surface area contributed by atoms with Gasteiger partial charge < -0.3 is 7.66 Å². The number of carbonyl (C=O) groups is 2. The minimum absolute atomic E-state index is 0.381. The van der Waals surface area contributed by atoms with Gasteiger partial charge in [-0.15, -0.1) is 0 Å². The van der Waals surface area contributed by atoms with E-state index >= 15 is 0 Å². The maximum absolute atomic E-state index is 11.3. The van der Waals surface area contributed by atoms with Crippen LogP contribution in [-0.4, -0.2) is 11.9 Å². The highest BCUT2D eigenvalue weighted by Crippen LogP contribution is 2.32. The second-order valence-corrected chi connectivity index (χ2v) is 3.94. The summed E-state index contributed by atoms with van der Waals surface area (Å²) >= 11 is 5.27. The predicted octanol–water partition coefficient (Wildman–Crippen LogP) is 2.50. The van der Waals surface area contributed by atoms with Crippen molar-refractivity contribution in [2.45, 2.75) is 25.7 Å². The van der Waals surface area contributed by atoms with Gasteiger partial charge in [0.1, 0.15) is 0 Å². The van der Waals surface area contributed by atoms with Gasteiger partial charge in [-0.1, -0.05) is 12.8 Å². The molecule has 0 aromatic heterocycles. The molecule has 1 rings (SSSR count). The summed E-state index contributed by atoms with van der Waals surface area (Å²) in [5.74, 6) is -1.55. The van der Waals surface area contributed by atoms with Gasteiger partial charge in [0.05, 0.1) is 11.8 Å². The third-order valence-electron chi connectivity index (χ3n) is 2.52. The molecule has 0 radical (unpaired) electrons. The summed E-state index contributed by atoms with van der Waals surface area (Å²) in [6.07, 6.45) is 3.24. The Labute approximate surface area is 99.2 Å². The lowest BCUT2D eigenvalue weighted by atomic mass is 9.79. The van der Waals surface area contributed by atoms with Gasteiger partial charge in [0, 0.05) is 0 Å². The van der Waals surface area contributed by atoms with Gasteiger partial charge in [0.2, 0.25) is 0 Å². The predicted molar refractivity (Wildman–Crippen MR) is 55.5 cm³/mol. The van der Waals surface area contributed by atoms with Crippen molar-refractivity contribution >= 4 is 44.5 Å². The fourth-order valence-electron chi connectivity index (χ4n) is 1.81. The molecule has 0 amide bonds. The van der Waals surface area contributed by atoms with E-state index in [4.69, 9.17) is 0 Å². The minimum Gasteiger partial charge on any atom is -0.383 e. The van der Waals surface area contributed by atoms with E-state index in [1.165, 1.54) is 0 Å². The number of rotatable bonds is 2. The molecule has 0 aromatic carbocycles. The van der Waals surface area contributed by atoms with Crippen LogP contribution in [0.4, 0.5) is 0 Å². The van der Waals surface area contributed by atoms with E-state index in [0.29, 0.717) is 12.8 Å². The molecule has 2 unspecified atom stereocenters. The second kappa shape index (κ2) is 5.70. The summed E-state index contributed by atoms with van der Waals surface area (Å²) in [4.78, 5) is 22.6. The Kier molecular flexibility index (Phi) is 4.88. The van der Waals surface area contributed by atoms with Crippen molar-refractivity contribution in [2.24, 2.45) is 11.8 Å². The van der Waals surface area contributed by atoms with Crippen molar-refractivity contribution in [3.05, 3.63) is 0 Å². The maximum atomic E-state index is 11.3. The van der Waals surface area contributed by atoms with Crippen molar-refractivity contribution in [1.29, 1.82) is 0 Å². The van der Waals surface area contributed by atoms with Crippen LogP contribution in [0.3, 0.4) is 0 Å². The fourth-order valence-corrected chi connectivity index (χ4v) is 2.29. The fraction of sp³-hybridized carbons (Fsp3) is 0.750. The molecule has 1 fully saturated rings. The lowest BCUT2D eigenvalue weighted by Gasteiger charge is -2.26. The number of carbonyl (C=O) groups excluding carboxylic acids is 2. The zero-order valence-electron chi connectivity index (χ0n) is 7.37. The first-order chi connectivity index (χ1) is 6.70. The Morgan fingerprint density at radius 3 is 1.57 bits per heavy atom. The molecule has 6 heteroatoms. The lowest BCUT2D eigenvalue weighted by Crippen LogP contribution is -2.32. The molecule has 0 aromatic rings. The molecule has 14 heavy (non-hydrogen) atoms. The average Bonchev–Trinajstić information content (AvgIpc) is 2.27. The van der Waals surface area contributed by atoms with Gasteiger partial charge in [-0.25, -0.2) is 0 Å². The zero-order valence-corrected chi connectivity index (χ0v) is 10.5. The highest BCUT2D eigenvalue weighted by Gasteiger charge is 2.37. The van der Waals surface area contributed by atoms with E-state index in [1.54, 1.807) is 0 Å². The van der Waals surface area contributed by atoms with Crippen LogP contribution in [-0.2, 0) is 17.2 Å². The maximum Gasteiger partial charge on any atom is 0.321 e. The van der Waals surface area contributed by atoms with Crippen LogP contribution in [0.2, 0.25) is 0 Å². The first kappa shape index (κ1) is 12.0. The lowest BCUT2D eigenvalue weighted by molar-refractivity contribution is -0.150. The molecule has 0 N–H and O–H groups in total. The van der Waals surface area contributed by atoms with Crippen LogP contribution in [0.25, 0.3) is 0 Å². The summed E-state index contributed by atoms with van der Waals surface area (Å²) in [5.41, 5.74) is 0. The highest BCUT2D eigenvalue weighted by atomic mass is 79.9. The SMILES string of the molecule is O=C(OBr)C1CCCCC1C(=O)OBr. The van der Waals surface area contributed by atoms with Gasteiger partial charge >= 0.3 is 11.9 Å². The molecule has 0 aliphatic heterocycles. The van der Waals surface area contributed by atoms with E-state index in [1.807, 2.05) is 0 Å². The van der Waals surface area contributed by atoms with Crippen LogP contribution >= 0.6 is 32.5 Å². The van der Waals surface area contributed by atoms with Crippen LogP contribution in [0.5, 0.6) is 0 Å². The Hall–Kier alpha value is -0.100. The average molecular weight is 330 g/mol. The Morgan fingerprint density at radius 2 is 1.29 bits per heavy atom. The zero-order chi connectivity index (χ0) is 10.6. The molecule has 1 saturated carbocycles. The van der Waals surface area contributed by atoms with Gasteiger partial charge in [0.15, 0.2) is 32.5 Å². The molecular formula is C8H10Br2O4. The minimum atomic E-state index is -0.396. The highest BCUT2D eigenvalue weighted by molar-refractivity contribution is 9.06. The molecule has 0 bridgehead atoms. The van der Waals surface area contributed by atoms with E-state index in [-0.39, 0.29) is 11.8 Å². The topological polar surface area (TPSA) is 52.6 Å². The Bertz CT molecular complexity index is 207.